The molecule has 2 N–H and O–H groups in total. The van der Waals surface area contributed by atoms with Gasteiger partial charge in [0.25, 0.3) is 0 Å². The average molecular weight is 461 g/mol. The second-order valence-electron chi connectivity index (χ2n) is 9.67. The summed E-state index contributed by atoms with van der Waals surface area (Å²) < 4.78 is 39.6. The number of halogens is 3. The summed E-state index contributed by atoms with van der Waals surface area (Å²) in [5, 5.41) is 6.67. The zero-order chi connectivity index (χ0) is 23.8. The van der Waals surface area contributed by atoms with E-state index >= 15 is 0 Å². The molecule has 2 aromatic heterocycles. The number of nitrogens with one attached hydrogen (secondary N) is 2. The molecule has 2 heterocycles. The van der Waals surface area contributed by atoms with E-state index in [2.05, 4.69) is 57.9 Å². The third kappa shape index (κ3) is 6.00. The summed E-state index contributed by atoms with van der Waals surface area (Å²) in [6.45, 7) is 10.6. The van der Waals surface area contributed by atoms with Crippen LogP contribution in [0.25, 0.3) is 11.5 Å². The first-order valence-corrected chi connectivity index (χ1v) is 11.6. The zero-order valence-corrected chi connectivity index (χ0v) is 19.3. The average Bonchev–Trinajstić information content (AvgIpc) is 3.58. The van der Waals surface area contributed by atoms with E-state index in [-0.39, 0.29) is 23.6 Å². The van der Waals surface area contributed by atoms with Gasteiger partial charge in [0.2, 0.25) is 11.9 Å². The van der Waals surface area contributed by atoms with E-state index in [1.165, 1.54) is 17.7 Å². The maximum atomic E-state index is 13.2. The molecule has 2 saturated carbocycles. The largest absolute Gasteiger partial charge is 0.433 e. The fraction of sp³-hybridized carbons (Fsp3) is 0.583. The zero-order valence-electron chi connectivity index (χ0n) is 19.3. The highest BCUT2D eigenvalue weighted by Crippen LogP contribution is 2.35. The van der Waals surface area contributed by atoms with Gasteiger partial charge in [-0.15, -0.1) is 0 Å². The standard InChI is InChI=1S/C24H31F3N6/c1-13-10-14(2)12-18(11-13)16(4)29-23-32-21(19-6-5-7-20(30-19)24(25,26)27)31-22(33-23)28-15(3)17-8-9-17/h5-7,14-18H,1,8-12H2,2-4H3,(H2,28,29,31,32,33)/t14?,15-,16?,18?/m1/s1. The van der Waals surface area contributed by atoms with Crippen molar-refractivity contribution in [2.75, 3.05) is 10.6 Å². The van der Waals surface area contributed by atoms with Crippen LogP contribution in [0.5, 0.6) is 0 Å². The number of allylic oxidation sites excluding steroid dienone is 1. The molecule has 0 aromatic carbocycles. The highest BCUT2D eigenvalue weighted by Gasteiger charge is 2.33. The Hall–Kier alpha value is -2.71. The molecule has 2 aromatic rings. The molecule has 0 saturated heterocycles. The molecular weight excluding hydrogens is 429 g/mol. The van der Waals surface area contributed by atoms with Gasteiger partial charge in [-0.05, 0) is 75.8 Å². The minimum absolute atomic E-state index is 0.0599. The number of alkyl halides is 3. The van der Waals surface area contributed by atoms with E-state index in [1.54, 1.807) is 0 Å². The lowest BCUT2D eigenvalue weighted by molar-refractivity contribution is -0.141. The second kappa shape index (κ2) is 9.27. The summed E-state index contributed by atoms with van der Waals surface area (Å²) in [7, 11) is 0. The topological polar surface area (TPSA) is 75.6 Å². The molecule has 6 nitrogen and oxygen atoms in total. The minimum atomic E-state index is -4.54. The highest BCUT2D eigenvalue weighted by atomic mass is 19.4. The predicted molar refractivity (Wildman–Crippen MR) is 123 cm³/mol. The maximum Gasteiger partial charge on any atom is 0.433 e. The van der Waals surface area contributed by atoms with Crippen molar-refractivity contribution in [3.63, 3.8) is 0 Å². The fourth-order valence-corrected chi connectivity index (χ4v) is 4.59. The molecule has 2 fully saturated rings. The van der Waals surface area contributed by atoms with Gasteiger partial charge in [-0.3, -0.25) is 0 Å². The van der Waals surface area contributed by atoms with Gasteiger partial charge in [0.1, 0.15) is 11.4 Å². The van der Waals surface area contributed by atoms with Crippen molar-refractivity contribution < 1.29 is 13.2 Å². The molecule has 4 atom stereocenters. The van der Waals surface area contributed by atoms with Gasteiger partial charge in [-0.25, -0.2) is 4.98 Å². The van der Waals surface area contributed by atoms with Crippen LogP contribution in [0.2, 0.25) is 0 Å². The Morgan fingerprint density at radius 2 is 1.58 bits per heavy atom. The van der Waals surface area contributed by atoms with Crippen molar-refractivity contribution in [2.45, 2.75) is 71.1 Å². The lowest BCUT2D eigenvalue weighted by Crippen LogP contribution is -2.31. The fourth-order valence-electron chi connectivity index (χ4n) is 4.59. The third-order valence-electron chi connectivity index (χ3n) is 6.55. The first-order valence-electron chi connectivity index (χ1n) is 11.6. The Labute approximate surface area is 192 Å². The molecule has 0 radical (unpaired) electrons. The molecule has 0 bridgehead atoms. The summed E-state index contributed by atoms with van der Waals surface area (Å²) >= 11 is 0. The van der Waals surface area contributed by atoms with Gasteiger partial charge in [0.15, 0.2) is 5.82 Å². The van der Waals surface area contributed by atoms with Crippen LogP contribution in [0, 0.1) is 17.8 Å². The van der Waals surface area contributed by atoms with E-state index in [0.717, 1.165) is 38.2 Å². The maximum absolute atomic E-state index is 13.2. The van der Waals surface area contributed by atoms with Crippen molar-refractivity contribution in [2.24, 2.45) is 17.8 Å². The number of anilines is 2. The Kier molecular flexibility index (Phi) is 6.59. The molecular formula is C24H31F3N6. The molecule has 2 aliphatic rings. The van der Waals surface area contributed by atoms with Crippen molar-refractivity contribution in [1.82, 2.24) is 19.9 Å². The van der Waals surface area contributed by atoms with Crippen LogP contribution in [-0.2, 0) is 6.18 Å². The normalized spacial score (nSPS) is 23.2. The van der Waals surface area contributed by atoms with E-state index in [1.807, 2.05) is 0 Å². The Bertz CT molecular complexity index is 1000. The number of aromatic nitrogens is 4. The van der Waals surface area contributed by atoms with E-state index < -0.39 is 11.9 Å². The predicted octanol–water partition coefficient (Wildman–Crippen LogP) is 5.96. The van der Waals surface area contributed by atoms with Crippen LogP contribution >= 0.6 is 0 Å². The molecule has 0 spiro atoms. The van der Waals surface area contributed by atoms with Crippen LogP contribution < -0.4 is 10.6 Å². The van der Waals surface area contributed by atoms with Crippen molar-refractivity contribution in [3.05, 3.63) is 36.0 Å². The van der Waals surface area contributed by atoms with Crippen LogP contribution in [0.3, 0.4) is 0 Å². The monoisotopic (exact) mass is 460 g/mol. The van der Waals surface area contributed by atoms with Crippen LogP contribution in [0.1, 0.15) is 58.6 Å². The molecule has 9 heteroatoms. The van der Waals surface area contributed by atoms with E-state index in [9.17, 15) is 13.2 Å². The smallest absolute Gasteiger partial charge is 0.351 e. The van der Waals surface area contributed by atoms with Crippen molar-refractivity contribution in [1.29, 1.82) is 0 Å². The molecule has 33 heavy (non-hydrogen) atoms. The number of rotatable bonds is 7. The number of hydrogen-bond acceptors (Lipinski definition) is 6. The summed E-state index contributed by atoms with van der Waals surface area (Å²) in [5.41, 5.74) is 0.334. The lowest BCUT2D eigenvalue weighted by Gasteiger charge is -2.33. The van der Waals surface area contributed by atoms with E-state index in [4.69, 9.17) is 0 Å². The quantitative estimate of drug-likeness (QED) is 0.497. The van der Waals surface area contributed by atoms with Crippen LogP contribution in [0.4, 0.5) is 25.1 Å². The molecule has 178 valence electrons. The van der Waals surface area contributed by atoms with Gasteiger partial charge in [-0.2, -0.15) is 28.1 Å². The van der Waals surface area contributed by atoms with Gasteiger partial charge in [-0.1, -0.05) is 25.1 Å². The molecule has 0 amide bonds. The second-order valence-corrected chi connectivity index (χ2v) is 9.67. The summed E-state index contributed by atoms with van der Waals surface area (Å²) in [6, 6.07) is 3.99. The molecule has 4 rings (SSSR count). The summed E-state index contributed by atoms with van der Waals surface area (Å²) in [6.07, 6.45) is 0.813. The highest BCUT2D eigenvalue weighted by molar-refractivity contribution is 5.54. The van der Waals surface area contributed by atoms with E-state index in [0.29, 0.717) is 29.7 Å². The summed E-state index contributed by atoms with van der Waals surface area (Å²) in [4.78, 5) is 17.1. The first kappa shape index (κ1) is 23.4. The number of pyridine rings is 1. The Morgan fingerprint density at radius 1 is 0.939 bits per heavy atom. The van der Waals surface area contributed by atoms with Crippen molar-refractivity contribution in [3.8, 4) is 11.5 Å². The van der Waals surface area contributed by atoms with Gasteiger partial charge < -0.3 is 10.6 Å². The van der Waals surface area contributed by atoms with Gasteiger partial charge in [0.05, 0.1) is 0 Å². The SMILES string of the molecule is C=C1CC(C)CC(C(C)Nc2nc(N[C@H](C)C3CC3)nc(-c3cccc(C(F)(F)F)n3)n2)C1. The third-order valence-corrected chi connectivity index (χ3v) is 6.55. The number of nitrogens with zero attached hydrogens (tertiary/aromatic N) is 4. The Balaban J connectivity index is 1.62. The van der Waals surface area contributed by atoms with Crippen LogP contribution in [-0.4, -0.2) is 32.0 Å². The molecule has 0 aliphatic heterocycles. The summed E-state index contributed by atoms with van der Waals surface area (Å²) in [5.74, 6) is 2.30. The van der Waals surface area contributed by atoms with Crippen molar-refractivity contribution >= 4 is 11.9 Å². The molecule has 3 unspecified atom stereocenters. The molecule has 2 aliphatic carbocycles. The van der Waals surface area contributed by atoms with Crippen LogP contribution in [0.15, 0.2) is 30.4 Å². The van der Waals surface area contributed by atoms with Gasteiger partial charge >= 0.3 is 6.18 Å². The number of hydrogen-bond donors (Lipinski definition) is 2. The van der Waals surface area contributed by atoms with Gasteiger partial charge in [0, 0.05) is 12.1 Å². The lowest BCUT2D eigenvalue weighted by atomic mass is 9.77. The Morgan fingerprint density at radius 3 is 2.15 bits per heavy atom. The first-order chi connectivity index (χ1) is 15.6. The minimum Gasteiger partial charge on any atom is -0.351 e.